The SMILES string of the molecule is CN(C)CC(=O)N1CC[C@@]2(CC(=O)N(c3ccsc3)C2)C1. The third-order valence-electron chi connectivity index (χ3n) is 4.38. The Kier molecular flexibility index (Phi) is 3.75. The molecule has 2 aliphatic heterocycles. The van der Waals surface area contributed by atoms with E-state index in [2.05, 4.69) is 0 Å². The number of amides is 2. The van der Waals surface area contributed by atoms with Gasteiger partial charge in [0.1, 0.15) is 0 Å². The summed E-state index contributed by atoms with van der Waals surface area (Å²) in [5, 5.41) is 4.01. The number of thiophene rings is 1. The number of nitrogens with zero attached hydrogens (tertiary/aromatic N) is 3. The van der Waals surface area contributed by atoms with Crippen molar-refractivity contribution in [3.8, 4) is 0 Å². The Balaban J connectivity index is 1.68. The first-order chi connectivity index (χ1) is 9.99. The first-order valence-electron chi connectivity index (χ1n) is 7.24. The van der Waals surface area contributed by atoms with Gasteiger partial charge in [-0.3, -0.25) is 9.59 Å². The highest BCUT2D eigenvalue weighted by Gasteiger charge is 2.48. The fourth-order valence-corrected chi connectivity index (χ4v) is 3.98. The molecule has 0 radical (unpaired) electrons. The molecule has 0 saturated carbocycles. The van der Waals surface area contributed by atoms with Crippen molar-refractivity contribution in [2.75, 3.05) is 45.2 Å². The van der Waals surface area contributed by atoms with Crippen LogP contribution < -0.4 is 4.90 Å². The van der Waals surface area contributed by atoms with Crippen LogP contribution in [-0.4, -0.2) is 61.9 Å². The number of hydrogen-bond donors (Lipinski definition) is 0. The van der Waals surface area contributed by atoms with E-state index in [0.29, 0.717) is 19.5 Å². The van der Waals surface area contributed by atoms with Crippen molar-refractivity contribution in [1.29, 1.82) is 0 Å². The fourth-order valence-electron chi connectivity index (χ4n) is 3.33. The van der Waals surface area contributed by atoms with Gasteiger partial charge in [0.2, 0.25) is 11.8 Å². The van der Waals surface area contributed by atoms with E-state index in [1.54, 1.807) is 11.3 Å². The molecule has 0 unspecified atom stereocenters. The van der Waals surface area contributed by atoms with Gasteiger partial charge in [-0.2, -0.15) is 11.3 Å². The molecule has 1 spiro atoms. The Morgan fingerprint density at radius 1 is 1.43 bits per heavy atom. The maximum absolute atomic E-state index is 12.3. The maximum atomic E-state index is 12.3. The fraction of sp³-hybridized carbons (Fsp3) is 0.600. The van der Waals surface area contributed by atoms with Crippen LogP contribution in [0.2, 0.25) is 0 Å². The predicted molar refractivity (Wildman–Crippen MR) is 83.5 cm³/mol. The molecular formula is C15H21N3O2S. The predicted octanol–water partition coefficient (Wildman–Crippen LogP) is 1.27. The Hall–Kier alpha value is -1.40. The molecule has 0 N–H and O–H groups in total. The van der Waals surface area contributed by atoms with Crippen molar-refractivity contribution < 1.29 is 9.59 Å². The minimum atomic E-state index is -0.0407. The summed E-state index contributed by atoms with van der Waals surface area (Å²) in [5.74, 6) is 0.355. The zero-order valence-corrected chi connectivity index (χ0v) is 13.4. The number of likely N-dealkylation sites (tertiary alicyclic amines) is 1. The molecular weight excluding hydrogens is 286 g/mol. The highest BCUT2D eigenvalue weighted by molar-refractivity contribution is 7.08. The van der Waals surface area contributed by atoms with Crippen LogP contribution >= 0.6 is 11.3 Å². The summed E-state index contributed by atoms with van der Waals surface area (Å²) in [6.45, 7) is 2.68. The number of likely N-dealkylation sites (N-methyl/N-ethyl adjacent to an activating group) is 1. The first-order valence-corrected chi connectivity index (χ1v) is 8.18. The Labute approximate surface area is 129 Å². The molecule has 2 fully saturated rings. The molecule has 2 saturated heterocycles. The first kappa shape index (κ1) is 14.5. The zero-order valence-electron chi connectivity index (χ0n) is 12.5. The summed E-state index contributed by atoms with van der Waals surface area (Å²) in [6, 6.07) is 1.99. The number of rotatable bonds is 3. The summed E-state index contributed by atoms with van der Waals surface area (Å²) in [6.07, 6.45) is 1.49. The molecule has 114 valence electrons. The van der Waals surface area contributed by atoms with Crippen LogP contribution in [0.3, 0.4) is 0 Å². The van der Waals surface area contributed by atoms with Gasteiger partial charge >= 0.3 is 0 Å². The van der Waals surface area contributed by atoms with Crippen molar-refractivity contribution in [3.63, 3.8) is 0 Å². The third kappa shape index (κ3) is 2.82. The van der Waals surface area contributed by atoms with Gasteiger partial charge in [0.25, 0.3) is 0 Å². The van der Waals surface area contributed by atoms with Crippen molar-refractivity contribution >= 4 is 28.8 Å². The van der Waals surface area contributed by atoms with Gasteiger partial charge in [0.05, 0.1) is 12.2 Å². The molecule has 6 heteroatoms. The maximum Gasteiger partial charge on any atom is 0.236 e. The van der Waals surface area contributed by atoms with Crippen LogP contribution in [0.15, 0.2) is 16.8 Å². The second-order valence-corrected chi connectivity index (χ2v) is 7.22. The number of hydrogen-bond acceptors (Lipinski definition) is 4. The molecule has 3 rings (SSSR count). The van der Waals surface area contributed by atoms with Gasteiger partial charge in [-0.25, -0.2) is 0 Å². The summed E-state index contributed by atoms with van der Waals surface area (Å²) < 4.78 is 0. The van der Waals surface area contributed by atoms with Gasteiger partial charge in [-0.15, -0.1) is 0 Å². The van der Waals surface area contributed by atoms with E-state index in [1.807, 2.05) is 45.6 Å². The molecule has 5 nitrogen and oxygen atoms in total. The lowest BCUT2D eigenvalue weighted by molar-refractivity contribution is -0.131. The molecule has 1 aromatic heterocycles. The summed E-state index contributed by atoms with van der Waals surface area (Å²) in [5.41, 5.74) is 0.959. The molecule has 21 heavy (non-hydrogen) atoms. The van der Waals surface area contributed by atoms with Gasteiger partial charge in [-0.05, 0) is 32.0 Å². The van der Waals surface area contributed by atoms with E-state index in [9.17, 15) is 9.59 Å². The largest absolute Gasteiger partial charge is 0.341 e. The van der Waals surface area contributed by atoms with E-state index in [0.717, 1.165) is 25.2 Å². The lowest BCUT2D eigenvalue weighted by Crippen LogP contribution is -2.38. The van der Waals surface area contributed by atoms with Crippen LogP contribution in [0.1, 0.15) is 12.8 Å². The highest BCUT2D eigenvalue weighted by Crippen LogP contribution is 2.42. The van der Waals surface area contributed by atoms with Crippen molar-refractivity contribution in [2.24, 2.45) is 5.41 Å². The molecule has 1 atom stereocenters. The number of anilines is 1. The van der Waals surface area contributed by atoms with Crippen molar-refractivity contribution in [2.45, 2.75) is 12.8 Å². The Morgan fingerprint density at radius 2 is 2.24 bits per heavy atom. The number of carbonyl (C=O) groups excluding carboxylic acids is 2. The lowest BCUT2D eigenvalue weighted by Gasteiger charge is -2.24. The molecule has 0 aromatic carbocycles. The summed E-state index contributed by atoms with van der Waals surface area (Å²) in [7, 11) is 3.81. The van der Waals surface area contributed by atoms with Gasteiger partial charge in [0.15, 0.2) is 0 Å². The monoisotopic (exact) mass is 307 g/mol. The van der Waals surface area contributed by atoms with Crippen LogP contribution in [-0.2, 0) is 9.59 Å². The van der Waals surface area contributed by atoms with Gasteiger partial charge < -0.3 is 14.7 Å². The minimum Gasteiger partial charge on any atom is -0.341 e. The van der Waals surface area contributed by atoms with E-state index < -0.39 is 0 Å². The second-order valence-electron chi connectivity index (χ2n) is 6.44. The van der Waals surface area contributed by atoms with Crippen LogP contribution in [0, 0.1) is 5.41 Å². The highest BCUT2D eigenvalue weighted by atomic mass is 32.1. The smallest absolute Gasteiger partial charge is 0.236 e. The molecule has 2 aliphatic rings. The normalized spacial score (nSPS) is 25.6. The van der Waals surface area contributed by atoms with Crippen LogP contribution in [0.4, 0.5) is 5.69 Å². The third-order valence-corrected chi connectivity index (χ3v) is 5.05. The zero-order chi connectivity index (χ0) is 15.0. The topological polar surface area (TPSA) is 43.9 Å². The Morgan fingerprint density at radius 3 is 2.90 bits per heavy atom. The summed E-state index contributed by atoms with van der Waals surface area (Å²) in [4.78, 5) is 30.2. The van der Waals surface area contributed by atoms with Gasteiger partial charge in [0, 0.05) is 36.9 Å². The molecule has 0 bridgehead atoms. The van der Waals surface area contributed by atoms with E-state index >= 15 is 0 Å². The average Bonchev–Trinajstić information content (AvgIpc) is 3.10. The van der Waals surface area contributed by atoms with Crippen LogP contribution in [0.5, 0.6) is 0 Å². The number of carbonyl (C=O) groups is 2. The minimum absolute atomic E-state index is 0.0407. The average molecular weight is 307 g/mol. The molecule has 0 aliphatic carbocycles. The Bertz CT molecular complexity index is 543. The van der Waals surface area contributed by atoms with E-state index in [1.165, 1.54) is 0 Å². The van der Waals surface area contributed by atoms with Crippen molar-refractivity contribution in [3.05, 3.63) is 16.8 Å². The molecule has 1 aromatic rings. The lowest BCUT2D eigenvalue weighted by atomic mass is 9.86. The standard InChI is InChI=1S/C15H21N3O2S/c1-16(2)8-14(20)17-5-4-15(10-17)7-13(19)18(11-15)12-3-6-21-9-12/h3,6,9H,4-5,7-8,10-11H2,1-2H3/t15-/m1/s1. The quantitative estimate of drug-likeness (QED) is 0.844. The second kappa shape index (κ2) is 5.42. The molecule has 2 amide bonds. The van der Waals surface area contributed by atoms with Gasteiger partial charge in [-0.1, -0.05) is 0 Å². The van der Waals surface area contributed by atoms with Crippen molar-refractivity contribution in [1.82, 2.24) is 9.80 Å². The summed E-state index contributed by atoms with van der Waals surface area (Å²) >= 11 is 1.61. The van der Waals surface area contributed by atoms with E-state index in [4.69, 9.17) is 0 Å². The van der Waals surface area contributed by atoms with Crippen LogP contribution in [0.25, 0.3) is 0 Å². The van der Waals surface area contributed by atoms with E-state index in [-0.39, 0.29) is 17.2 Å². The molecule has 3 heterocycles.